The molecule has 0 unspecified atom stereocenters. The largest absolute Gasteiger partial charge is 0.481 e. The number of hydrogen-bond acceptors (Lipinski definition) is 3. The fraction of sp³-hybridized carbons (Fsp3) is 0.467. The highest BCUT2D eigenvalue weighted by atomic mass is 32.2. The molecule has 0 aliphatic rings. The molecule has 1 N–H and O–H groups in total. The number of carbonyl (C=O) groups is 1. The molecule has 108 valence electrons. The molecule has 2 rings (SSSR count). The highest BCUT2D eigenvalue weighted by Crippen LogP contribution is 2.26. The van der Waals surface area contributed by atoms with Crippen LogP contribution in [0, 0.1) is 6.92 Å². The smallest absolute Gasteiger partial charge is 0.313 e. The van der Waals surface area contributed by atoms with Crippen LogP contribution in [0.15, 0.2) is 23.4 Å². The van der Waals surface area contributed by atoms with Crippen molar-refractivity contribution in [2.24, 2.45) is 0 Å². The molecule has 1 aromatic heterocycles. The molecule has 0 fully saturated rings. The van der Waals surface area contributed by atoms with Crippen LogP contribution >= 0.6 is 11.8 Å². The molecular formula is C15H20N2O2S. The normalized spacial score (nSPS) is 11.1. The summed E-state index contributed by atoms with van der Waals surface area (Å²) in [4.78, 5) is 15.4. The van der Waals surface area contributed by atoms with E-state index in [0.29, 0.717) is 0 Å². The quantitative estimate of drug-likeness (QED) is 0.624. The lowest BCUT2D eigenvalue weighted by Crippen LogP contribution is -2.03. The highest BCUT2D eigenvalue weighted by molar-refractivity contribution is 7.99. The van der Waals surface area contributed by atoms with Crippen molar-refractivity contribution in [3.05, 3.63) is 23.8 Å². The van der Waals surface area contributed by atoms with Crippen LogP contribution in [0.4, 0.5) is 0 Å². The minimum atomic E-state index is -0.807. The van der Waals surface area contributed by atoms with Gasteiger partial charge in [-0.15, -0.1) is 0 Å². The van der Waals surface area contributed by atoms with E-state index in [2.05, 4.69) is 22.5 Å². The SMILES string of the molecule is CCCCCn1c(SCC(=O)O)nc2c(C)cccc21. The first kappa shape index (κ1) is 14.9. The summed E-state index contributed by atoms with van der Waals surface area (Å²) in [6.07, 6.45) is 3.44. The molecular weight excluding hydrogens is 272 g/mol. The van der Waals surface area contributed by atoms with Crippen molar-refractivity contribution in [3.8, 4) is 0 Å². The number of aryl methyl sites for hydroxylation is 2. The number of rotatable bonds is 7. The van der Waals surface area contributed by atoms with Crippen LogP contribution in [0.25, 0.3) is 11.0 Å². The van der Waals surface area contributed by atoms with Crippen LogP contribution in [0.5, 0.6) is 0 Å². The molecule has 0 saturated carbocycles. The third-order valence-corrected chi connectivity index (χ3v) is 4.22. The highest BCUT2D eigenvalue weighted by Gasteiger charge is 2.13. The Hall–Kier alpha value is -1.49. The number of aromatic nitrogens is 2. The number of benzene rings is 1. The number of unbranched alkanes of at least 4 members (excludes halogenated alkanes) is 2. The van der Waals surface area contributed by atoms with Crippen molar-refractivity contribution in [2.45, 2.75) is 44.8 Å². The van der Waals surface area contributed by atoms with Crippen LogP contribution in [-0.2, 0) is 11.3 Å². The summed E-state index contributed by atoms with van der Waals surface area (Å²) < 4.78 is 2.16. The molecule has 0 bridgehead atoms. The van der Waals surface area contributed by atoms with E-state index < -0.39 is 5.97 Å². The number of aliphatic carboxylic acids is 1. The van der Waals surface area contributed by atoms with E-state index in [0.717, 1.165) is 34.7 Å². The maximum Gasteiger partial charge on any atom is 0.313 e. The average Bonchev–Trinajstić information content (AvgIpc) is 2.77. The molecule has 2 aromatic rings. The lowest BCUT2D eigenvalue weighted by atomic mass is 10.2. The number of hydrogen-bond donors (Lipinski definition) is 1. The van der Waals surface area contributed by atoms with E-state index in [1.165, 1.54) is 24.6 Å². The van der Waals surface area contributed by atoms with Crippen LogP contribution in [0.2, 0.25) is 0 Å². The number of nitrogens with zero attached hydrogens (tertiary/aromatic N) is 2. The molecule has 0 aliphatic heterocycles. The van der Waals surface area contributed by atoms with Crippen molar-refractivity contribution in [1.82, 2.24) is 9.55 Å². The fourth-order valence-corrected chi connectivity index (χ4v) is 2.99. The summed E-state index contributed by atoms with van der Waals surface area (Å²) in [5, 5.41) is 9.66. The summed E-state index contributed by atoms with van der Waals surface area (Å²) in [5.41, 5.74) is 3.22. The first-order valence-electron chi connectivity index (χ1n) is 6.94. The topological polar surface area (TPSA) is 55.1 Å². The molecule has 4 nitrogen and oxygen atoms in total. The monoisotopic (exact) mass is 292 g/mol. The fourth-order valence-electron chi connectivity index (χ4n) is 2.24. The average molecular weight is 292 g/mol. The maximum absolute atomic E-state index is 10.8. The summed E-state index contributed by atoms with van der Waals surface area (Å²) in [7, 11) is 0. The van der Waals surface area contributed by atoms with E-state index in [1.807, 2.05) is 19.1 Å². The standard InChI is InChI=1S/C15H20N2O2S/c1-3-4-5-9-17-12-8-6-7-11(2)14(12)16-15(17)20-10-13(18)19/h6-8H,3-5,9-10H2,1-2H3,(H,18,19). The molecule has 20 heavy (non-hydrogen) atoms. The second-order valence-corrected chi connectivity index (χ2v) is 5.82. The molecule has 5 heteroatoms. The van der Waals surface area contributed by atoms with Crippen LogP contribution in [-0.4, -0.2) is 26.4 Å². The second kappa shape index (κ2) is 6.79. The molecule has 1 aromatic carbocycles. The van der Waals surface area contributed by atoms with Gasteiger partial charge in [-0.05, 0) is 25.0 Å². The molecule has 0 aliphatic carbocycles. The Kier molecular flexibility index (Phi) is 5.06. The Morgan fingerprint density at radius 3 is 2.90 bits per heavy atom. The van der Waals surface area contributed by atoms with Crippen LogP contribution < -0.4 is 0 Å². The summed E-state index contributed by atoms with van der Waals surface area (Å²) in [6.45, 7) is 5.11. The zero-order valence-corrected chi connectivity index (χ0v) is 12.7. The zero-order valence-electron chi connectivity index (χ0n) is 11.9. The van der Waals surface area contributed by atoms with Crippen molar-refractivity contribution < 1.29 is 9.90 Å². The van der Waals surface area contributed by atoms with E-state index >= 15 is 0 Å². The number of thioether (sulfide) groups is 1. The molecule has 0 atom stereocenters. The molecule has 0 saturated heterocycles. The molecule has 0 spiro atoms. The number of carboxylic acids is 1. The lowest BCUT2D eigenvalue weighted by Gasteiger charge is -2.07. The van der Waals surface area contributed by atoms with Crippen molar-refractivity contribution in [3.63, 3.8) is 0 Å². The predicted molar refractivity (Wildman–Crippen MR) is 82.4 cm³/mol. The first-order valence-corrected chi connectivity index (χ1v) is 7.92. The van der Waals surface area contributed by atoms with E-state index in [9.17, 15) is 4.79 Å². The van der Waals surface area contributed by atoms with Crippen LogP contribution in [0.3, 0.4) is 0 Å². The zero-order chi connectivity index (χ0) is 14.5. The summed E-state index contributed by atoms with van der Waals surface area (Å²) >= 11 is 1.30. The Labute approximate surface area is 123 Å². The van der Waals surface area contributed by atoms with Gasteiger partial charge in [-0.2, -0.15) is 0 Å². The summed E-state index contributed by atoms with van der Waals surface area (Å²) in [5.74, 6) is -0.755. The Morgan fingerprint density at radius 2 is 2.20 bits per heavy atom. The number of para-hydroxylation sites is 1. The minimum absolute atomic E-state index is 0.0517. The van der Waals surface area contributed by atoms with Gasteiger partial charge in [0.2, 0.25) is 0 Å². The van der Waals surface area contributed by atoms with E-state index in [4.69, 9.17) is 5.11 Å². The van der Waals surface area contributed by atoms with Gasteiger partial charge in [-0.3, -0.25) is 4.79 Å². The maximum atomic E-state index is 10.8. The van der Waals surface area contributed by atoms with Gasteiger partial charge < -0.3 is 9.67 Å². The predicted octanol–water partition coefficient (Wildman–Crippen LogP) is 3.71. The third kappa shape index (κ3) is 3.33. The van der Waals surface area contributed by atoms with E-state index in [-0.39, 0.29) is 5.75 Å². The summed E-state index contributed by atoms with van der Waals surface area (Å²) in [6, 6.07) is 6.13. The van der Waals surface area contributed by atoms with E-state index in [1.54, 1.807) is 0 Å². The van der Waals surface area contributed by atoms with Gasteiger partial charge >= 0.3 is 5.97 Å². The Balaban J connectivity index is 2.34. The van der Waals surface area contributed by atoms with Crippen molar-refractivity contribution in [2.75, 3.05) is 5.75 Å². The molecule has 0 radical (unpaired) electrons. The minimum Gasteiger partial charge on any atom is -0.481 e. The van der Waals surface area contributed by atoms with Crippen molar-refractivity contribution in [1.29, 1.82) is 0 Å². The van der Waals surface area contributed by atoms with Gasteiger partial charge in [-0.25, -0.2) is 4.98 Å². The lowest BCUT2D eigenvalue weighted by molar-refractivity contribution is -0.133. The van der Waals surface area contributed by atoms with Gasteiger partial charge in [-0.1, -0.05) is 43.7 Å². The van der Waals surface area contributed by atoms with Crippen LogP contribution in [0.1, 0.15) is 31.7 Å². The van der Waals surface area contributed by atoms with Crippen molar-refractivity contribution >= 4 is 28.8 Å². The first-order chi connectivity index (χ1) is 9.63. The number of imidazole rings is 1. The van der Waals surface area contributed by atoms with Gasteiger partial charge in [0.05, 0.1) is 16.8 Å². The van der Waals surface area contributed by atoms with Gasteiger partial charge in [0, 0.05) is 6.54 Å². The van der Waals surface area contributed by atoms with Gasteiger partial charge in [0.1, 0.15) is 0 Å². The molecule has 1 heterocycles. The number of carboxylic acid groups (broad SMARTS) is 1. The second-order valence-electron chi connectivity index (χ2n) is 4.88. The Morgan fingerprint density at radius 1 is 1.40 bits per heavy atom. The van der Waals surface area contributed by atoms with Gasteiger partial charge in [0.15, 0.2) is 5.16 Å². The number of fused-ring (bicyclic) bond motifs is 1. The Bertz CT molecular complexity index is 607. The third-order valence-electron chi connectivity index (χ3n) is 3.26. The van der Waals surface area contributed by atoms with Gasteiger partial charge in [0.25, 0.3) is 0 Å². The molecule has 0 amide bonds.